The summed E-state index contributed by atoms with van der Waals surface area (Å²) >= 11 is 0. The van der Waals surface area contributed by atoms with Crippen molar-refractivity contribution in [3.05, 3.63) is 60.3 Å². The summed E-state index contributed by atoms with van der Waals surface area (Å²) in [7, 11) is 0. The number of nitrogens with one attached hydrogen (secondary N) is 1. The summed E-state index contributed by atoms with van der Waals surface area (Å²) in [5, 5.41) is 3.65. The van der Waals surface area contributed by atoms with E-state index in [-0.39, 0.29) is 22.9 Å². The highest BCUT2D eigenvalue weighted by Crippen LogP contribution is 2.32. The van der Waals surface area contributed by atoms with E-state index in [2.05, 4.69) is 20.6 Å². The highest BCUT2D eigenvalue weighted by atomic mass is 19.4. The highest BCUT2D eigenvalue weighted by Gasteiger charge is 2.30. The van der Waals surface area contributed by atoms with Crippen LogP contribution in [0.25, 0.3) is 22.6 Å². The Kier molecular flexibility index (Phi) is 5.27. The van der Waals surface area contributed by atoms with Crippen LogP contribution >= 0.6 is 0 Å². The Morgan fingerprint density at radius 1 is 1.14 bits per heavy atom. The Labute approximate surface area is 156 Å². The number of nitrogens with zero attached hydrogens (tertiary/aromatic N) is 4. The number of amidine groups is 1. The smallest absolute Gasteiger partial charge is 0.382 e. The Balaban J connectivity index is 2.15. The van der Waals surface area contributed by atoms with Gasteiger partial charge in [-0.15, -0.1) is 5.10 Å². The molecule has 0 aliphatic carbocycles. The Morgan fingerprint density at radius 2 is 1.86 bits per heavy atom. The molecule has 11 heteroatoms. The first kappa shape index (κ1) is 19.3. The third-order valence-electron chi connectivity index (χ3n) is 3.79. The van der Waals surface area contributed by atoms with Crippen molar-refractivity contribution in [3.63, 3.8) is 0 Å². The van der Waals surface area contributed by atoms with Crippen LogP contribution in [0.15, 0.2) is 54.0 Å². The van der Waals surface area contributed by atoms with Crippen LogP contribution in [-0.4, -0.2) is 26.5 Å². The van der Waals surface area contributed by atoms with E-state index in [0.29, 0.717) is 11.1 Å². The number of rotatable bonds is 5. The van der Waals surface area contributed by atoms with E-state index in [0.717, 1.165) is 23.0 Å². The molecule has 0 saturated heterocycles. The van der Waals surface area contributed by atoms with Crippen LogP contribution < -0.4 is 17.1 Å². The van der Waals surface area contributed by atoms with Crippen LogP contribution in [0.3, 0.4) is 0 Å². The third kappa shape index (κ3) is 4.26. The lowest BCUT2D eigenvalue weighted by Gasteiger charge is -2.13. The second-order valence-corrected chi connectivity index (χ2v) is 5.75. The van der Waals surface area contributed by atoms with Gasteiger partial charge >= 0.3 is 6.18 Å². The number of halogens is 4. The second-order valence-electron chi connectivity index (χ2n) is 5.75. The van der Waals surface area contributed by atoms with Gasteiger partial charge < -0.3 is 10.3 Å². The average molecular weight is 393 g/mol. The molecule has 2 heterocycles. The van der Waals surface area contributed by atoms with Crippen LogP contribution in [-0.2, 0) is 6.54 Å². The number of aromatic nitrogens is 3. The van der Waals surface area contributed by atoms with Gasteiger partial charge in [0.1, 0.15) is 18.1 Å². The molecule has 0 spiro atoms. The standard InChI is InChI=1S/C17H15F4N7/c18-12-3-1-10(2-4-12)15-14(25-9-28(15)8-17(19,20)21)13-7-11(5-6-24-13)16(22)26-27-23/h1-7,9,27H,8,23H2,(H2,22,26). The largest absolute Gasteiger partial charge is 0.406 e. The van der Waals surface area contributed by atoms with Crippen molar-refractivity contribution in [3.8, 4) is 22.6 Å². The van der Waals surface area contributed by atoms with Crippen molar-refractivity contribution in [1.82, 2.24) is 20.1 Å². The van der Waals surface area contributed by atoms with Crippen molar-refractivity contribution in [2.75, 3.05) is 0 Å². The molecule has 0 atom stereocenters. The fourth-order valence-corrected chi connectivity index (χ4v) is 2.65. The summed E-state index contributed by atoms with van der Waals surface area (Å²) in [6.45, 7) is -1.26. The molecule has 7 nitrogen and oxygen atoms in total. The number of hydrogen-bond acceptors (Lipinski definition) is 5. The number of benzene rings is 1. The monoisotopic (exact) mass is 393 g/mol. The fraction of sp³-hybridized carbons (Fsp3) is 0.118. The van der Waals surface area contributed by atoms with Crippen LogP contribution in [0, 0.1) is 5.82 Å². The van der Waals surface area contributed by atoms with Crippen LogP contribution in [0.2, 0.25) is 0 Å². The van der Waals surface area contributed by atoms with Gasteiger partial charge in [-0.05, 0) is 36.4 Å². The molecule has 5 N–H and O–H groups in total. The maximum atomic E-state index is 13.3. The van der Waals surface area contributed by atoms with Crippen LogP contribution in [0.5, 0.6) is 0 Å². The van der Waals surface area contributed by atoms with E-state index in [9.17, 15) is 17.6 Å². The van der Waals surface area contributed by atoms with E-state index < -0.39 is 18.5 Å². The number of imidazole rings is 1. The first-order chi connectivity index (χ1) is 13.3. The van der Waals surface area contributed by atoms with Gasteiger partial charge in [0.15, 0.2) is 5.84 Å². The predicted molar refractivity (Wildman–Crippen MR) is 95.0 cm³/mol. The maximum absolute atomic E-state index is 13.3. The van der Waals surface area contributed by atoms with Gasteiger partial charge in [-0.2, -0.15) is 13.2 Å². The van der Waals surface area contributed by atoms with Crippen LogP contribution in [0.4, 0.5) is 17.6 Å². The van der Waals surface area contributed by atoms with Crippen LogP contribution in [0.1, 0.15) is 5.56 Å². The molecule has 0 saturated carbocycles. The normalized spacial score (nSPS) is 12.2. The van der Waals surface area contributed by atoms with Crippen molar-refractivity contribution in [1.29, 1.82) is 0 Å². The number of alkyl halides is 3. The van der Waals surface area contributed by atoms with Gasteiger partial charge in [0.25, 0.3) is 0 Å². The Bertz CT molecular complexity index is 993. The first-order valence-corrected chi connectivity index (χ1v) is 7.92. The number of hydrogen-bond donors (Lipinski definition) is 3. The number of nitrogens with two attached hydrogens (primary N) is 2. The molecule has 0 aliphatic rings. The topological polar surface area (TPSA) is 107 Å². The molecule has 0 radical (unpaired) electrons. The van der Waals surface area contributed by atoms with Gasteiger partial charge in [0.05, 0.1) is 17.7 Å². The SMILES string of the molecule is NN/N=C(\N)c1ccnc(-c2ncn(CC(F)(F)F)c2-c2ccc(F)cc2)c1. The van der Waals surface area contributed by atoms with Crippen molar-refractivity contribution in [2.24, 2.45) is 16.7 Å². The van der Waals surface area contributed by atoms with Crippen molar-refractivity contribution >= 4 is 5.84 Å². The predicted octanol–water partition coefficient (Wildman–Crippen LogP) is 2.40. The van der Waals surface area contributed by atoms with Gasteiger partial charge in [0, 0.05) is 17.3 Å². The van der Waals surface area contributed by atoms with E-state index in [1.54, 1.807) is 6.07 Å². The minimum absolute atomic E-state index is 0.0595. The third-order valence-corrected chi connectivity index (χ3v) is 3.79. The molecule has 28 heavy (non-hydrogen) atoms. The molecule has 3 rings (SSSR count). The molecular weight excluding hydrogens is 378 g/mol. The van der Waals surface area contributed by atoms with E-state index in [1.807, 2.05) is 0 Å². The zero-order chi connectivity index (χ0) is 20.3. The minimum Gasteiger partial charge on any atom is -0.382 e. The lowest BCUT2D eigenvalue weighted by molar-refractivity contribution is -0.140. The number of hydrazine groups is 1. The van der Waals surface area contributed by atoms with Crippen molar-refractivity contribution in [2.45, 2.75) is 12.7 Å². The van der Waals surface area contributed by atoms with Gasteiger partial charge in [-0.3, -0.25) is 4.98 Å². The van der Waals surface area contributed by atoms with E-state index in [1.165, 1.54) is 24.4 Å². The summed E-state index contributed by atoms with van der Waals surface area (Å²) in [4.78, 5) is 8.27. The maximum Gasteiger partial charge on any atom is 0.406 e. The molecule has 0 amide bonds. The molecule has 3 aromatic rings. The van der Waals surface area contributed by atoms with Gasteiger partial charge in [0.2, 0.25) is 0 Å². The lowest BCUT2D eigenvalue weighted by atomic mass is 10.1. The molecule has 0 bridgehead atoms. The molecule has 0 unspecified atom stereocenters. The van der Waals surface area contributed by atoms with E-state index in [4.69, 9.17) is 11.6 Å². The summed E-state index contributed by atoms with van der Waals surface area (Å²) in [6.07, 6.45) is -1.98. The molecular formula is C17H15F4N7. The average Bonchev–Trinajstić information content (AvgIpc) is 3.04. The highest BCUT2D eigenvalue weighted by molar-refractivity contribution is 5.98. The summed E-state index contributed by atoms with van der Waals surface area (Å²) in [5.41, 5.74) is 9.24. The van der Waals surface area contributed by atoms with Crippen molar-refractivity contribution < 1.29 is 17.6 Å². The number of hydrazone groups is 1. The Morgan fingerprint density at radius 3 is 2.50 bits per heavy atom. The minimum atomic E-state index is -4.47. The summed E-state index contributed by atoms with van der Waals surface area (Å²) < 4.78 is 53.2. The molecule has 146 valence electrons. The summed E-state index contributed by atoms with van der Waals surface area (Å²) in [5.74, 6) is 4.66. The second kappa shape index (κ2) is 7.64. The van der Waals surface area contributed by atoms with Gasteiger partial charge in [-0.1, -0.05) is 0 Å². The van der Waals surface area contributed by atoms with Gasteiger partial charge in [-0.25, -0.2) is 20.8 Å². The molecule has 2 aromatic heterocycles. The quantitative estimate of drug-likeness (QED) is 0.203. The Hall–Kier alpha value is -3.47. The molecule has 1 aromatic carbocycles. The number of pyridine rings is 1. The van der Waals surface area contributed by atoms with E-state index >= 15 is 0 Å². The lowest BCUT2D eigenvalue weighted by Crippen LogP contribution is -2.23. The zero-order valence-electron chi connectivity index (χ0n) is 14.3. The zero-order valence-corrected chi connectivity index (χ0v) is 14.3. The fourth-order valence-electron chi connectivity index (χ4n) is 2.65. The summed E-state index contributed by atoms with van der Waals surface area (Å²) in [6, 6.07) is 8.14. The molecule has 0 fully saturated rings. The first-order valence-electron chi connectivity index (χ1n) is 7.92. The molecule has 0 aliphatic heterocycles.